The Balaban J connectivity index is 2.46. The van der Waals surface area contributed by atoms with Crippen LogP contribution in [-0.4, -0.2) is 26.8 Å². The predicted octanol–water partition coefficient (Wildman–Crippen LogP) is 2.90. The highest BCUT2D eigenvalue weighted by Gasteiger charge is 2.08. The largest absolute Gasteiger partial charge is 0.385 e. The Labute approximate surface area is 103 Å². The van der Waals surface area contributed by atoms with Gasteiger partial charge in [-0.15, -0.1) is 0 Å². The average Bonchev–Trinajstić information content (AvgIpc) is 2.30. The highest BCUT2D eigenvalue weighted by Crippen LogP contribution is 2.17. The van der Waals surface area contributed by atoms with Crippen molar-refractivity contribution in [2.45, 2.75) is 25.3 Å². The van der Waals surface area contributed by atoms with Gasteiger partial charge in [-0.1, -0.05) is 29.8 Å². The average molecular weight is 242 g/mol. The van der Waals surface area contributed by atoms with E-state index in [9.17, 15) is 0 Å². The zero-order valence-electron chi connectivity index (χ0n) is 10.0. The molecule has 0 aliphatic heterocycles. The molecule has 0 spiro atoms. The highest BCUT2D eigenvalue weighted by molar-refractivity contribution is 6.31. The molecule has 0 saturated heterocycles. The Hall–Kier alpha value is -0.570. The van der Waals surface area contributed by atoms with Crippen molar-refractivity contribution in [3.8, 4) is 0 Å². The van der Waals surface area contributed by atoms with Crippen molar-refractivity contribution in [3.05, 3.63) is 34.9 Å². The van der Waals surface area contributed by atoms with Gasteiger partial charge in [-0.3, -0.25) is 0 Å². The Bertz CT molecular complexity index is 304. The summed E-state index contributed by atoms with van der Waals surface area (Å²) in [4.78, 5) is 0. The maximum Gasteiger partial charge on any atom is 0.0462 e. The zero-order chi connectivity index (χ0) is 11.8. The standard InChI is InChI=1S/C13H20ClNO/c1-15-12(7-5-9-16-2)10-11-6-3-4-8-13(11)14/h3-4,6,8,12,15H,5,7,9-10H2,1-2H3. The number of halogens is 1. The van der Waals surface area contributed by atoms with Gasteiger partial charge in [-0.2, -0.15) is 0 Å². The fraction of sp³-hybridized carbons (Fsp3) is 0.538. The van der Waals surface area contributed by atoms with Crippen molar-refractivity contribution in [1.82, 2.24) is 5.32 Å². The van der Waals surface area contributed by atoms with Gasteiger partial charge in [-0.05, 0) is 37.9 Å². The fourth-order valence-corrected chi connectivity index (χ4v) is 1.96. The van der Waals surface area contributed by atoms with Crippen molar-refractivity contribution >= 4 is 11.6 Å². The first-order chi connectivity index (χ1) is 7.77. The Morgan fingerprint density at radius 1 is 1.38 bits per heavy atom. The zero-order valence-corrected chi connectivity index (χ0v) is 10.8. The Kier molecular flexibility index (Phi) is 6.46. The fourth-order valence-electron chi connectivity index (χ4n) is 1.75. The number of ether oxygens (including phenoxy) is 1. The predicted molar refractivity (Wildman–Crippen MR) is 69.1 cm³/mol. The van der Waals surface area contributed by atoms with Gasteiger partial charge in [0.05, 0.1) is 0 Å². The number of hydrogen-bond acceptors (Lipinski definition) is 2. The lowest BCUT2D eigenvalue weighted by molar-refractivity contribution is 0.189. The topological polar surface area (TPSA) is 21.3 Å². The van der Waals surface area contributed by atoms with E-state index in [-0.39, 0.29) is 0 Å². The van der Waals surface area contributed by atoms with E-state index in [0.29, 0.717) is 6.04 Å². The summed E-state index contributed by atoms with van der Waals surface area (Å²) < 4.78 is 5.06. The second-order valence-corrected chi connectivity index (χ2v) is 4.32. The third kappa shape index (κ3) is 4.52. The van der Waals surface area contributed by atoms with Crippen LogP contribution in [0.25, 0.3) is 0 Å². The molecule has 2 nitrogen and oxygen atoms in total. The third-order valence-corrected chi connectivity index (χ3v) is 3.10. The molecule has 90 valence electrons. The maximum atomic E-state index is 6.13. The highest BCUT2D eigenvalue weighted by atomic mass is 35.5. The Morgan fingerprint density at radius 2 is 2.12 bits per heavy atom. The SMILES string of the molecule is CNC(CCCOC)Cc1ccccc1Cl. The van der Waals surface area contributed by atoms with E-state index in [0.717, 1.165) is 30.9 Å². The molecule has 1 aromatic rings. The van der Waals surface area contributed by atoms with Crippen LogP contribution in [0.15, 0.2) is 24.3 Å². The molecule has 0 heterocycles. The first kappa shape index (κ1) is 13.5. The van der Waals surface area contributed by atoms with Crippen LogP contribution in [0.4, 0.5) is 0 Å². The van der Waals surface area contributed by atoms with E-state index in [1.807, 2.05) is 25.2 Å². The minimum Gasteiger partial charge on any atom is -0.385 e. The number of hydrogen-bond donors (Lipinski definition) is 1. The van der Waals surface area contributed by atoms with E-state index >= 15 is 0 Å². The van der Waals surface area contributed by atoms with Crippen molar-refractivity contribution in [3.63, 3.8) is 0 Å². The molecular weight excluding hydrogens is 222 g/mol. The van der Waals surface area contributed by atoms with Gasteiger partial charge < -0.3 is 10.1 Å². The monoisotopic (exact) mass is 241 g/mol. The van der Waals surface area contributed by atoms with Crippen LogP contribution in [0.1, 0.15) is 18.4 Å². The lowest BCUT2D eigenvalue weighted by Gasteiger charge is -2.16. The molecule has 0 aliphatic carbocycles. The van der Waals surface area contributed by atoms with Crippen LogP contribution in [0.2, 0.25) is 5.02 Å². The van der Waals surface area contributed by atoms with Gasteiger partial charge >= 0.3 is 0 Å². The number of rotatable bonds is 7. The van der Waals surface area contributed by atoms with Gasteiger partial charge in [0.1, 0.15) is 0 Å². The summed E-state index contributed by atoms with van der Waals surface area (Å²) in [5.74, 6) is 0. The molecule has 0 aliphatic rings. The van der Waals surface area contributed by atoms with E-state index in [1.54, 1.807) is 7.11 Å². The molecule has 1 atom stereocenters. The number of methoxy groups -OCH3 is 1. The van der Waals surface area contributed by atoms with Crippen LogP contribution in [-0.2, 0) is 11.2 Å². The molecular formula is C13H20ClNO. The van der Waals surface area contributed by atoms with E-state index in [1.165, 1.54) is 5.56 Å². The lowest BCUT2D eigenvalue weighted by Crippen LogP contribution is -2.28. The summed E-state index contributed by atoms with van der Waals surface area (Å²) in [5.41, 5.74) is 1.21. The molecule has 1 aromatic carbocycles. The van der Waals surface area contributed by atoms with Crippen LogP contribution in [0.5, 0.6) is 0 Å². The number of nitrogens with one attached hydrogen (secondary N) is 1. The summed E-state index contributed by atoms with van der Waals surface area (Å²) >= 11 is 6.13. The van der Waals surface area contributed by atoms with Crippen molar-refractivity contribution < 1.29 is 4.74 Å². The van der Waals surface area contributed by atoms with Gasteiger partial charge in [0, 0.05) is 24.8 Å². The molecule has 1 N–H and O–H groups in total. The second-order valence-electron chi connectivity index (χ2n) is 3.92. The third-order valence-electron chi connectivity index (χ3n) is 2.73. The smallest absolute Gasteiger partial charge is 0.0462 e. The minimum absolute atomic E-state index is 0.468. The van der Waals surface area contributed by atoms with Crippen LogP contribution >= 0.6 is 11.6 Å². The first-order valence-corrected chi connectivity index (χ1v) is 6.05. The summed E-state index contributed by atoms with van der Waals surface area (Å²) in [5, 5.41) is 4.18. The van der Waals surface area contributed by atoms with Crippen molar-refractivity contribution in [2.75, 3.05) is 20.8 Å². The van der Waals surface area contributed by atoms with Crippen molar-refractivity contribution in [1.29, 1.82) is 0 Å². The molecule has 0 fully saturated rings. The molecule has 1 rings (SSSR count). The van der Waals surface area contributed by atoms with Gasteiger partial charge in [0.15, 0.2) is 0 Å². The molecule has 0 aromatic heterocycles. The number of benzene rings is 1. The molecule has 1 unspecified atom stereocenters. The van der Waals surface area contributed by atoms with Crippen LogP contribution < -0.4 is 5.32 Å². The normalized spacial score (nSPS) is 12.7. The molecule has 0 radical (unpaired) electrons. The summed E-state index contributed by atoms with van der Waals surface area (Å²) in [6.07, 6.45) is 3.15. The molecule has 16 heavy (non-hydrogen) atoms. The lowest BCUT2D eigenvalue weighted by atomic mass is 10.0. The minimum atomic E-state index is 0.468. The molecule has 3 heteroatoms. The number of likely N-dealkylation sites (N-methyl/N-ethyl adjacent to an activating group) is 1. The van der Waals surface area contributed by atoms with Gasteiger partial charge in [0.2, 0.25) is 0 Å². The summed E-state index contributed by atoms with van der Waals surface area (Å²) in [6, 6.07) is 8.49. The molecule has 0 saturated carbocycles. The van der Waals surface area contributed by atoms with Crippen LogP contribution in [0, 0.1) is 0 Å². The second kappa shape index (κ2) is 7.66. The van der Waals surface area contributed by atoms with E-state index in [4.69, 9.17) is 16.3 Å². The Morgan fingerprint density at radius 3 is 2.75 bits per heavy atom. The van der Waals surface area contributed by atoms with Crippen LogP contribution in [0.3, 0.4) is 0 Å². The summed E-state index contributed by atoms with van der Waals surface area (Å²) in [6.45, 7) is 0.820. The maximum absolute atomic E-state index is 6.13. The quantitative estimate of drug-likeness (QED) is 0.742. The molecule has 0 amide bonds. The van der Waals surface area contributed by atoms with Gasteiger partial charge in [-0.25, -0.2) is 0 Å². The molecule has 0 bridgehead atoms. The first-order valence-electron chi connectivity index (χ1n) is 5.67. The van der Waals surface area contributed by atoms with E-state index in [2.05, 4.69) is 11.4 Å². The van der Waals surface area contributed by atoms with Gasteiger partial charge in [0.25, 0.3) is 0 Å². The summed E-state index contributed by atoms with van der Waals surface area (Å²) in [7, 11) is 3.73. The van der Waals surface area contributed by atoms with Crippen molar-refractivity contribution in [2.24, 2.45) is 0 Å². The van der Waals surface area contributed by atoms with E-state index < -0.39 is 0 Å².